The molecule has 5 heteroatoms. The summed E-state index contributed by atoms with van der Waals surface area (Å²) >= 11 is 1.19. The molecule has 0 saturated carbocycles. The highest BCUT2D eigenvalue weighted by Crippen LogP contribution is 2.26. The Balaban J connectivity index is 2.07. The van der Waals surface area contributed by atoms with E-state index in [9.17, 15) is 9.59 Å². The summed E-state index contributed by atoms with van der Waals surface area (Å²) in [4.78, 5) is 22.4. The first-order valence-corrected chi connectivity index (χ1v) is 6.44. The molecule has 1 aliphatic heterocycles. The van der Waals surface area contributed by atoms with E-state index in [1.165, 1.54) is 11.8 Å². The van der Waals surface area contributed by atoms with E-state index in [4.69, 9.17) is 5.11 Å². The first-order valence-electron chi connectivity index (χ1n) is 5.39. The highest BCUT2D eigenvalue weighted by atomic mass is 32.2. The van der Waals surface area contributed by atoms with Crippen molar-refractivity contribution in [1.29, 1.82) is 0 Å². The lowest BCUT2D eigenvalue weighted by atomic mass is 10.1. The van der Waals surface area contributed by atoms with Crippen molar-refractivity contribution in [2.24, 2.45) is 0 Å². The van der Waals surface area contributed by atoms with Crippen LogP contribution < -0.4 is 5.32 Å². The molecule has 17 heavy (non-hydrogen) atoms. The van der Waals surface area contributed by atoms with E-state index in [-0.39, 0.29) is 16.9 Å². The Labute approximate surface area is 103 Å². The maximum atomic E-state index is 11.9. The van der Waals surface area contributed by atoms with E-state index >= 15 is 0 Å². The number of carbonyl (C=O) groups excluding carboxylic acids is 1. The standard InChI is InChI=1S/C12H13NO3S/c14-11(15)7-17-10-6-5-8-3-1-2-4-9(8)13-12(10)16/h1-4,10H,5-7H2,(H,13,16)(H,14,15)/t10-/m0/s1. The van der Waals surface area contributed by atoms with Crippen LogP contribution in [0.5, 0.6) is 0 Å². The van der Waals surface area contributed by atoms with E-state index < -0.39 is 5.97 Å². The summed E-state index contributed by atoms with van der Waals surface area (Å²) < 4.78 is 0. The smallest absolute Gasteiger partial charge is 0.313 e. The third kappa shape index (κ3) is 3.00. The van der Waals surface area contributed by atoms with E-state index in [1.807, 2.05) is 24.3 Å². The van der Waals surface area contributed by atoms with Gasteiger partial charge in [-0.05, 0) is 24.5 Å². The molecule has 1 aromatic carbocycles. The number of para-hydroxylation sites is 1. The predicted octanol–water partition coefficient (Wildman–Crippen LogP) is 1.76. The maximum Gasteiger partial charge on any atom is 0.313 e. The molecule has 0 saturated heterocycles. The molecule has 0 bridgehead atoms. The maximum absolute atomic E-state index is 11.9. The van der Waals surface area contributed by atoms with Crippen molar-refractivity contribution in [3.8, 4) is 0 Å². The normalized spacial score (nSPS) is 19.1. The third-order valence-corrected chi connectivity index (χ3v) is 3.92. The van der Waals surface area contributed by atoms with Crippen molar-refractivity contribution in [1.82, 2.24) is 0 Å². The number of aryl methyl sites for hydroxylation is 1. The van der Waals surface area contributed by atoms with Gasteiger partial charge in [-0.25, -0.2) is 0 Å². The Hall–Kier alpha value is -1.49. The fourth-order valence-electron chi connectivity index (χ4n) is 1.82. The molecular formula is C12H13NO3S. The van der Waals surface area contributed by atoms with Crippen LogP contribution in [-0.4, -0.2) is 28.0 Å². The predicted molar refractivity (Wildman–Crippen MR) is 67.3 cm³/mol. The minimum Gasteiger partial charge on any atom is -0.481 e. The third-order valence-electron chi connectivity index (χ3n) is 2.65. The van der Waals surface area contributed by atoms with Crippen LogP contribution in [0.2, 0.25) is 0 Å². The van der Waals surface area contributed by atoms with E-state index in [0.717, 1.165) is 17.7 Å². The van der Waals surface area contributed by atoms with E-state index in [1.54, 1.807) is 0 Å². The summed E-state index contributed by atoms with van der Waals surface area (Å²) in [5, 5.41) is 11.2. The Kier molecular flexibility index (Phi) is 3.68. The number of benzene rings is 1. The van der Waals surface area contributed by atoms with Gasteiger partial charge in [0.2, 0.25) is 5.91 Å². The number of fused-ring (bicyclic) bond motifs is 1. The average Bonchev–Trinajstić information content (AvgIpc) is 2.45. The van der Waals surface area contributed by atoms with Gasteiger partial charge in [-0.1, -0.05) is 18.2 Å². The first kappa shape index (κ1) is 12.0. The van der Waals surface area contributed by atoms with Gasteiger partial charge in [-0.15, -0.1) is 11.8 Å². The van der Waals surface area contributed by atoms with Gasteiger partial charge in [-0.3, -0.25) is 9.59 Å². The number of carbonyl (C=O) groups is 2. The number of thioether (sulfide) groups is 1. The molecule has 1 atom stereocenters. The van der Waals surface area contributed by atoms with Crippen molar-refractivity contribution < 1.29 is 14.7 Å². The number of rotatable bonds is 3. The SMILES string of the molecule is O=C(O)CS[C@H]1CCc2ccccc2NC1=O. The highest BCUT2D eigenvalue weighted by molar-refractivity contribution is 8.01. The summed E-state index contributed by atoms with van der Waals surface area (Å²) in [6.07, 6.45) is 1.48. The number of amides is 1. The molecule has 0 spiro atoms. The Morgan fingerprint density at radius 3 is 3.00 bits per heavy atom. The van der Waals surface area contributed by atoms with Gasteiger partial charge < -0.3 is 10.4 Å². The van der Waals surface area contributed by atoms with Crippen molar-refractivity contribution >= 4 is 29.3 Å². The zero-order chi connectivity index (χ0) is 12.3. The van der Waals surface area contributed by atoms with Crippen LogP contribution in [0.4, 0.5) is 5.69 Å². The zero-order valence-corrected chi connectivity index (χ0v) is 10.00. The van der Waals surface area contributed by atoms with Crippen LogP contribution in [0, 0.1) is 0 Å². The number of anilines is 1. The van der Waals surface area contributed by atoms with E-state index in [2.05, 4.69) is 5.32 Å². The Morgan fingerprint density at radius 2 is 2.24 bits per heavy atom. The summed E-state index contributed by atoms with van der Waals surface area (Å²) in [6.45, 7) is 0. The van der Waals surface area contributed by atoms with Gasteiger partial charge >= 0.3 is 5.97 Å². The fraction of sp³-hybridized carbons (Fsp3) is 0.333. The molecule has 2 N–H and O–H groups in total. The molecule has 1 heterocycles. The molecule has 0 fully saturated rings. The molecule has 2 rings (SSSR count). The molecule has 4 nitrogen and oxygen atoms in total. The van der Waals surface area contributed by atoms with Gasteiger partial charge in [-0.2, -0.15) is 0 Å². The second kappa shape index (κ2) is 5.23. The highest BCUT2D eigenvalue weighted by Gasteiger charge is 2.24. The monoisotopic (exact) mass is 251 g/mol. The summed E-state index contributed by atoms with van der Waals surface area (Å²) in [7, 11) is 0. The second-order valence-electron chi connectivity index (χ2n) is 3.88. The number of hydrogen-bond acceptors (Lipinski definition) is 3. The van der Waals surface area contributed by atoms with Gasteiger partial charge in [0.05, 0.1) is 11.0 Å². The van der Waals surface area contributed by atoms with Crippen LogP contribution in [0.3, 0.4) is 0 Å². The lowest BCUT2D eigenvalue weighted by molar-refractivity contribution is -0.133. The molecule has 1 aromatic rings. The molecule has 0 unspecified atom stereocenters. The van der Waals surface area contributed by atoms with Crippen molar-refractivity contribution in [2.45, 2.75) is 18.1 Å². The van der Waals surface area contributed by atoms with Crippen LogP contribution in [0.25, 0.3) is 0 Å². The van der Waals surface area contributed by atoms with Gasteiger partial charge in [0.25, 0.3) is 0 Å². The van der Waals surface area contributed by atoms with Gasteiger partial charge in [0.15, 0.2) is 0 Å². The Morgan fingerprint density at radius 1 is 1.47 bits per heavy atom. The minimum atomic E-state index is -0.885. The number of nitrogens with one attached hydrogen (secondary N) is 1. The van der Waals surface area contributed by atoms with Crippen LogP contribution >= 0.6 is 11.8 Å². The van der Waals surface area contributed by atoms with Crippen LogP contribution in [0.15, 0.2) is 24.3 Å². The number of carboxylic acids is 1. The summed E-state index contributed by atoms with van der Waals surface area (Å²) in [5.41, 5.74) is 1.95. The topological polar surface area (TPSA) is 66.4 Å². The summed E-state index contributed by atoms with van der Waals surface area (Å²) in [5.74, 6) is -1.01. The molecule has 90 valence electrons. The van der Waals surface area contributed by atoms with Crippen LogP contribution in [0.1, 0.15) is 12.0 Å². The van der Waals surface area contributed by atoms with Crippen molar-refractivity contribution in [3.63, 3.8) is 0 Å². The minimum absolute atomic E-state index is 0.0333. The first-order chi connectivity index (χ1) is 8.16. The summed E-state index contributed by atoms with van der Waals surface area (Å²) in [6, 6.07) is 7.68. The lowest BCUT2D eigenvalue weighted by Gasteiger charge is -2.10. The largest absolute Gasteiger partial charge is 0.481 e. The average molecular weight is 251 g/mol. The Bertz CT molecular complexity index is 447. The quantitative estimate of drug-likeness (QED) is 0.859. The second-order valence-corrected chi connectivity index (χ2v) is 5.07. The molecule has 0 aliphatic carbocycles. The van der Waals surface area contributed by atoms with Gasteiger partial charge in [0, 0.05) is 5.69 Å². The van der Waals surface area contributed by atoms with Crippen LogP contribution in [-0.2, 0) is 16.0 Å². The molecule has 0 aromatic heterocycles. The molecule has 1 amide bonds. The molecular weight excluding hydrogens is 238 g/mol. The lowest BCUT2D eigenvalue weighted by Crippen LogP contribution is -2.24. The number of hydrogen-bond donors (Lipinski definition) is 2. The molecule has 0 radical (unpaired) electrons. The fourth-order valence-corrected chi connectivity index (χ4v) is 2.66. The van der Waals surface area contributed by atoms with E-state index in [0.29, 0.717) is 6.42 Å². The number of aliphatic carboxylic acids is 1. The number of carboxylic acid groups (broad SMARTS) is 1. The van der Waals surface area contributed by atoms with Crippen molar-refractivity contribution in [3.05, 3.63) is 29.8 Å². The molecule has 1 aliphatic rings. The van der Waals surface area contributed by atoms with Crippen molar-refractivity contribution in [2.75, 3.05) is 11.1 Å². The zero-order valence-electron chi connectivity index (χ0n) is 9.18. The van der Waals surface area contributed by atoms with Gasteiger partial charge in [0.1, 0.15) is 0 Å².